The number of fused-ring (bicyclic) bond motifs is 1. The van der Waals surface area contributed by atoms with E-state index in [1.54, 1.807) is 17.9 Å². The zero-order chi connectivity index (χ0) is 23.3. The SMILES string of the molecule is Cc1cc(NC(=O)C2CC(=O)N(c3ccc(C)c(C)c3)C2)n(C2=NC(=O)C3CCCC3=N2)n1. The molecule has 9 nitrogen and oxygen atoms in total. The van der Waals surface area contributed by atoms with Crippen LogP contribution >= 0.6 is 0 Å². The highest BCUT2D eigenvalue weighted by Gasteiger charge is 2.37. The van der Waals surface area contributed by atoms with Crippen molar-refractivity contribution in [3.05, 3.63) is 41.1 Å². The van der Waals surface area contributed by atoms with E-state index in [1.165, 1.54) is 4.68 Å². The molecule has 0 spiro atoms. The molecule has 3 aliphatic rings. The van der Waals surface area contributed by atoms with Gasteiger partial charge in [0.15, 0.2) is 0 Å². The molecule has 2 aromatic rings. The number of benzene rings is 1. The van der Waals surface area contributed by atoms with Crippen molar-refractivity contribution in [1.29, 1.82) is 0 Å². The van der Waals surface area contributed by atoms with E-state index >= 15 is 0 Å². The molecule has 1 saturated carbocycles. The van der Waals surface area contributed by atoms with Crippen LogP contribution in [-0.4, -0.2) is 45.7 Å². The van der Waals surface area contributed by atoms with Crippen molar-refractivity contribution in [1.82, 2.24) is 9.78 Å². The summed E-state index contributed by atoms with van der Waals surface area (Å²) >= 11 is 0. The number of anilines is 2. The van der Waals surface area contributed by atoms with Crippen LogP contribution in [0.5, 0.6) is 0 Å². The maximum absolute atomic E-state index is 13.1. The summed E-state index contributed by atoms with van der Waals surface area (Å²) in [7, 11) is 0. The van der Waals surface area contributed by atoms with Crippen LogP contribution in [-0.2, 0) is 14.4 Å². The lowest BCUT2D eigenvalue weighted by Crippen LogP contribution is -2.31. The maximum atomic E-state index is 13.1. The molecule has 1 aromatic heterocycles. The molecule has 0 radical (unpaired) electrons. The number of nitrogens with zero attached hydrogens (tertiary/aromatic N) is 5. The summed E-state index contributed by atoms with van der Waals surface area (Å²) in [5.74, 6) is -0.706. The molecule has 1 aliphatic carbocycles. The lowest BCUT2D eigenvalue weighted by atomic mass is 10.1. The van der Waals surface area contributed by atoms with Gasteiger partial charge < -0.3 is 10.2 Å². The van der Waals surface area contributed by atoms with Crippen molar-refractivity contribution >= 4 is 40.9 Å². The zero-order valence-electron chi connectivity index (χ0n) is 19.0. The van der Waals surface area contributed by atoms with Gasteiger partial charge in [0.2, 0.25) is 11.8 Å². The summed E-state index contributed by atoms with van der Waals surface area (Å²) < 4.78 is 1.41. The van der Waals surface area contributed by atoms with Gasteiger partial charge in [-0.05, 0) is 63.3 Å². The Morgan fingerprint density at radius 2 is 1.91 bits per heavy atom. The Bertz CT molecular complexity index is 1240. The van der Waals surface area contributed by atoms with Crippen LogP contribution in [0.4, 0.5) is 11.5 Å². The lowest BCUT2D eigenvalue weighted by Gasteiger charge is -2.18. The Balaban J connectivity index is 1.34. The summed E-state index contributed by atoms with van der Waals surface area (Å²) in [5, 5.41) is 7.27. The summed E-state index contributed by atoms with van der Waals surface area (Å²) in [6, 6.07) is 7.57. The Kier molecular flexibility index (Phi) is 5.19. The fraction of sp³-hybridized carbons (Fsp3) is 0.417. The van der Waals surface area contributed by atoms with Gasteiger partial charge in [-0.2, -0.15) is 14.8 Å². The molecular weight excluding hydrogens is 420 g/mol. The monoisotopic (exact) mass is 446 g/mol. The number of aliphatic imine (C=N–C) groups is 2. The highest BCUT2D eigenvalue weighted by Crippen LogP contribution is 2.29. The number of carbonyl (C=O) groups excluding carboxylic acids is 3. The minimum atomic E-state index is -0.497. The Morgan fingerprint density at radius 3 is 2.70 bits per heavy atom. The minimum Gasteiger partial charge on any atom is -0.312 e. The molecule has 1 saturated heterocycles. The fourth-order valence-corrected chi connectivity index (χ4v) is 4.65. The van der Waals surface area contributed by atoms with E-state index in [-0.39, 0.29) is 36.0 Å². The number of amides is 3. The van der Waals surface area contributed by atoms with Gasteiger partial charge in [-0.1, -0.05) is 6.07 Å². The van der Waals surface area contributed by atoms with Crippen LogP contribution in [0.3, 0.4) is 0 Å². The molecule has 2 aliphatic heterocycles. The number of carbonyl (C=O) groups is 3. The number of nitrogens with one attached hydrogen (secondary N) is 1. The molecule has 9 heteroatoms. The van der Waals surface area contributed by atoms with E-state index in [1.807, 2.05) is 32.0 Å². The predicted molar refractivity (Wildman–Crippen MR) is 125 cm³/mol. The molecule has 33 heavy (non-hydrogen) atoms. The third-order valence-electron chi connectivity index (χ3n) is 6.65. The number of aromatic nitrogens is 2. The summed E-state index contributed by atoms with van der Waals surface area (Å²) in [6.07, 6.45) is 2.61. The molecule has 2 fully saturated rings. The first kappa shape index (κ1) is 21.2. The van der Waals surface area contributed by atoms with Gasteiger partial charge in [0.1, 0.15) is 5.82 Å². The average molecular weight is 447 g/mol. The summed E-state index contributed by atoms with van der Waals surface area (Å²) in [4.78, 5) is 48.5. The highest BCUT2D eigenvalue weighted by molar-refractivity contribution is 6.17. The molecule has 3 heterocycles. The van der Waals surface area contributed by atoms with E-state index < -0.39 is 5.92 Å². The number of rotatable bonds is 3. The fourth-order valence-electron chi connectivity index (χ4n) is 4.65. The molecule has 2 unspecified atom stereocenters. The molecule has 2 atom stereocenters. The first-order valence-corrected chi connectivity index (χ1v) is 11.3. The minimum absolute atomic E-state index is 0.0796. The van der Waals surface area contributed by atoms with Crippen LogP contribution < -0.4 is 10.2 Å². The van der Waals surface area contributed by atoms with Gasteiger partial charge in [-0.3, -0.25) is 14.4 Å². The van der Waals surface area contributed by atoms with E-state index in [9.17, 15) is 14.4 Å². The van der Waals surface area contributed by atoms with Crippen LogP contribution in [0.15, 0.2) is 34.3 Å². The van der Waals surface area contributed by atoms with Crippen molar-refractivity contribution in [2.45, 2.75) is 46.5 Å². The smallest absolute Gasteiger partial charge is 0.257 e. The van der Waals surface area contributed by atoms with Crippen LogP contribution in [0.2, 0.25) is 0 Å². The van der Waals surface area contributed by atoms with Crippen molar-refractivity contribution in [3.8, 4) is 0 Å². The van der Waals surface area contributed by atoms with E-state index in [0.717, 1.165) is 41.8 Å². The molecular formula is C24H26N6O3. The average Bonchev–Trinajstić information content (AvgIpc) is 3.48. The van der Waals surface area contributed by atoms with Crippen LogP contribution in [0.1, 0.15) is 42.5 Å². The van der Waals surface area contributed by atoms with Gasteiger partial charge in [0.05, 0.1) is 17.5 Å². The molecule has 1 N–H and O–H groups in total. The zero-order valence-corrected chi connectivity index (χ0v) is 19.0. The molecule has 5 rings (SSSR count). The van der Waals surface area contributed by atoms with Crippen molar-refractivity contribution in [3.63, 3.8) is 0 Å². The second kappa shape index (κ2) is 8.06. The van der Waals surface area contributed by atoms with E-state index in [0.29, 0.717) is 18.1 Å². The Hall–Kier alpha value is -3.62. The van der Waals surface area contributed by atoms with Gasteiger partial charge in [-0.25, -0.2) is 4.99 Å². The predicted octanol–water partition coefficient (Wildman–Crippen LogP) is 2.79. The first-order valence-electron chi connectivity index (χ1n) is 11.3. The van der Waals surface area contributed by atoms with E-state index in [2.05, 4.69) is 20.4 Å². The second-order valence-electron chi connectivity index (χ2n) is 9.04. The molecule has 0 bridgehead atoms. The van der Waals surface area contributed by atoms with Crippen LogP contribution in [0, 0.1) is 32.6 Å². The topological polar surface area (TPSA) is 109 Å². The normalized spacial score (nSPS) is 22.3. The molecule has 170 valence electrons. The molecule has 3 amide bonds. The van der Waals surface area contributed by atoms with Gasteiger partial charge >= 0.3 is 0 Å². The Labute approximate surface area is 191 Å². The van der Waals surface area contributed by atoms with Gasteiger partial charge in [0.25, 0.3) is 11.9 Å². The third kappa shape index (κ3) is 3.88. The van der Waals surface area contributed by atoms with Gasteiger partial charge in [0, 0.05) is 30.4 Å². The summed E-state index contributed by atoms with van der Waals surface area (Å²) in [6.45, 7) is 6.13. The van der Waals surface area contributed by atoms with Gasteiger partial charge in [-0.15, -0.1) is 0 Å². The first-order chi connectivity index (χ1) is 15.8. The highest BCUT2D eigenvalue weighted by atomic mass is 16.2. The Morgan fingerprint density at radius 1 is 1.09 bits per heavy atom. The second-order valence-corrected chi connectivity index (χ2v) is 9.04. The van der Waals surface area contributed by atoms with Crippen LogP contribution in [0.25, 0.3) is 0 Å². The molecule has 1 aromatic carbocycles. The number of hydrogen-bond acceptors (Lipinski definition) is 5. The largest absolute Gasteiger partial charge is 0.312 e. The maximum Gasteiger partial charge on any atom is 0.257 e. The lowest BCUT2D eigenvalue weighted by molar-refractivity contribution is -0.122. The van der Waals surface area contributed by atoms with Crippen molar-refractivity contribution in [2.24, 2.45) is 21.8 Å². The quantitative estimate of drug-likeness (QED) is 0.782. The third-order valence-corrected chi connectivity index (χ3v) is 6.65. The van der Waals surface area contributed by atoms with Crippen molar-refractivity contribution < 1.29 is 14.4 Å². The number of hydrogen-bond donors (Lipinski definition) is 1. The number of aryl methyl sites for hydroxylation is 3. The van der Waals surface area contributed by atoms with Crippen molar-refractivity contribution in [2.75, 3.05) is 16.8 Å². The summed E-state index contributed by atoms with van der Waals surface area (Å²) in [5.41, 5.74) is 4.55. The standard InChI is InChI=1S/C24H26N6O3/c1-13-7-8-17(9-14(13)2)29-12-16(11-21(29)31)22(32)26-20-10-15(3)28-30(20)24-25-19-6-4-5-18(19)23(33)27-24/h7-10,16,18H,4-6,11-12H2,1-3H3,(H,26,32). The van der Waals surface area contributed by atoms with E-state index in [4.69, 9.17) is 0 Å².